The molecule has 0 saturated heterocycles. The largest absolute Gasteiger partial charge is 0.399 e. The van der Waals surface area contributed by atoms with Crippen LogP contribution in [0.5, 0.6) is 0 Å². The molecule has 0 atom stereocenters. The van der Waals surface area contributed by atoms with Gasteiger partial charge in [0.05, 0.1) is 14.5 Å². The first kappa shape index (κ1) is 14.6. The van der Waals surface area contributed by atoms with Gasteiger partial charge >= 0.3 is 0 Å². The van der Waals surface area contributed by atoms with Crippen molar-refractivity contribution in [1.82, 2.24) is 0 Å². The van der Waals surface area contributed by atoms with E-state index in [1.807, 2.05) is 6.92 Å². The third-order valence-electron chi connectivity index (χ3n) is 2.33. The molecule has 0 amide bonds. The number of halogens is 2. The maximum absolute atomic E-state index is 12.2. The number of benzene rings is 1. The molecule has 4 nitrogen and oxygen atoms in total. The van der Waals surface area contributed by atoms with Crippen molar-refractivity contribution in [2.75, 3.05) is 10.5 Å². The molecule has 0 radical (unpaired) electrons. The Bertz CT molecular complexity index is 709. The first-order valence-electron chi connectivity index (χ1n) is 5.13. The van der Waals surface area contributed by atoms with Gasteiger partial charge in [0.25, 0.3) is 10.0 Å². The lowest BCUT2D eigenvalue weighted by molar-refractivity contribution is 0.603. The Morgan fingerprint density at radius 1 is 1.37 bits per heavy atom. The summed E-state index contributed by atoms with van der Waals surface area (Å²) in [5, 5.41) is 0.296. The molecule has 2 rings (SSSR count). The normalized spacial score (nSPS) is 11.5. The minimum atomic E-state index is -3.66. The van der Waals surface area contributed by atoms with Gasteiger partial charge in [0.2, 0.25) is 0 Å². The van der Waals surface area contributed by atoms with Crippen LogP contribution in [0.15, 0.2) is 32.3 Å². The maximum Gasteiger partial charge on any atom is 0.271 e. The van der Waals surface area contributed by atoms with E-state index in [9.17, 15) is 8.42 Å². The molecule has 0 unspecified atom stereocenters. The summed E-state index contributed by atoms with van der Waals surface area (Å²) in [6.45, 7) is 1.83. The van der Waals surface area contributed by atoms with Crippen LogP contribution in [0.3, 0.4) is 0 Å². The van der Waals surface area contributed by atoms with Crippen molar-refractivity contribution in [3.8, 4) is 0 Å². The Kier molecular flexibility index (Phi) is 4.10. The number of hydrogen-bond donors (Lipinski definition) is 2. The Morgan fingerprint density at radius 2 is 2.05 bits per heavy atom. The summed E-state index contributed by atoms with van der Waals surface area (Å²) in [5.41, 5.74) is 7.18. The molecule has 8 heteroatoms. The molecule has 2 aromatic rings. The molecule has 0 aliphatic rings. The van der Waals surface area contributed by atoms with E-state index in [4.69, 9.17) is 17.3 Å². The van der Waals surface area contributed by atoms with Gasteiger partial charge < -0.3 is 5.73 Å². The first-order chi connectivity index (χ1) is 8.79. The molecule has 0 aliphatic heterocycles. The second-order valence-corrected chi connectivity index (χ2v) is 8.55. The highest BCUT2D eigenvalue weighted by molar-refractivity contribution is 9.11. The number of rotatable bonds is 3. The molecule has 19 heavy (non-hydrogen) atoms. The molecule has 0 saturated carbocycles. The van der Waals surface area contributed by atoms with Crippen molar-refractivity contribution in [2.24, 2.45) is 0 Å². The minimum Gasteiger partial charge on any atom is -0.399 e. The summed E-state index contributed by atoms with van der Waals surface area (Å²) in [5.74, 6) is 0. The van der Waals surface area contributed by atoms with Gasteiger partial charge in [-0.25, -0.2) is 8.42 Å². The molecule has 1 aromatic carbocycles. The summed E-state index contributed by atoms with van der Waals surface area (Å²) in [6, 6.07) is 6.23. The van der Waals surface area contributed by atoms with Crippen molar-refractivity contribution >= 4 is 60.3 Å². The van der Waals surface area contributed by atoms with Crippen LogP contribution in [-0.4, -0.2) is 8.42 Å². The quantitative estimate of drug-likeness (QED) is 0.793. The average molecular weight is 382 g/mol. The Morgan fingerprint density at radius 3 is 2.63 bits per heavy atom. The van der Waals surface area contributed by atoms with Crippen molar-refractivity contribution in [2.45, 2.75) is 11.1 Å². The van der Waals surface area contributed by atoms with Crippen LogP contribution in [0.4, 0.5) is 11.4 Å². The molecule has 0 spiro atoms. The maximum atomic E-state index is 12.2. The molecule has 0 aliphatic carbocycles. The van der Waals surface area contributed by atoms with Crippen LogP contribution in [0.1, 0.15) is 5.56 Å². The molecule has 0 bridgehead atoms. The van der Waals surface area contributed by atoms with Crippen LogP contribution in [-0.2, 0) is 10.0 Å². The molecule has 0 fully saturated rings. The molecule has 1 aromatic heterocycles. The lowest BCUT2D eigenvalue weighted by Crippen LogP contribution is -2.12. The number of hydrogen-bond acceptors (Lipinski definition) is 4. The number of aryl methyl sites for hydroxylation is 1. The highest BCUT2D eigenvalue weighted by atomic mass is 79.9. The molecule has 1 heterocycles. The van der Waals surface area contributed by atoms with Gasteiger partial charge in [0, 0.05) is 5.69 Å². The third kappa shape index (κ3) is 3.22. The fourth-order valence-electron chi connectivity index (χ4n) is 1.38. The number of anilines is 2. The van der Waals surface area contributed by atoms with Crippen LogP contribution in [0.2, 0.25) is 5.02 Å². The highest BCUT2D eigenvalue weighted by Gasteiger charge is 2.19. The van der Waals surface area contributed by atoms with Gasteiger partial charge in [-0.3, -0.25) is 4.72 Å². The lowest BCUT2D eigenvalue weighted by atomic mass is 10.3. The van der Waals surface area contributed by atoms with Crippen LogP contribution >= 0.6 is 38.9 Å². The number of nitrogens with one attached hydrogen (secondary N) is 1. The van der Waals surface area contributed by atoms with E-state index in [0.717, 1.165) is 20.7 Å². The number of sulfonamides is 1. The Hall–Kier alpha value is -0.760. The molecule has 3 N–H and O–H groups in total. The van der Waals surface area contributed by atoms with Crippen LogP contribution in [0.25, 0.3) is 0 Å². The Balaban J connectivity index is 2.39. The summed E-state index contributed by atoms with van der Waals surface area (Å²) in [6.07, 6.45) is 0. The lowest BCUT2D eigenvalue weighted by Gasteiger charge is -2.08. The van der Waals surface area contributed by atoms with Gasteiger partial charge in [-0.05, 0) is 52.7 Å². The van der Waals surface area contributed by atoms with Crippen LogP contribution in [0, 0.1) is 6.92 Å². The third-order valence-corrected chi connectivity index (χ3v) is 6.64. The van der Waals surface area contributed by atoms with E-state index in [0.29, 0.717) is 10.7 Å². The fourth-order valence-corrected chi connectivity index (χ4v) is 4.90. The van der Waals surface area contributed by atoms with Crippen LogP contribution < -0.4 is 10.5 Å². The predicted molar refractivity (Wildman–Crippen MR) is 83.4 cm³/mol. The van der Waals surface area contributed by atoms with E-state index in [2.05, 4.69) is 20.7 Å². The van der Waals surface area contributed by atoms with E-state index in [1.54, 1.807) is 18.2 Å². The number of nitrogen functional groups attached to an aromatic ring is 1. The summed E-state index contributed by atoms with van der Waals surface area (Å²) in [7, 11) is -3.66. The van der Waals surface area contributed by atoms with Crippen molar-refractivity contribution < 1.29 is 8.42 Å². The standard InChI is InChI=1S/C11H10BrClN2O2S2/c1-6-4-10(18-11(6)12)19(16,17)15-9-5-7(14)2-3-8(9)13/h2-5,15H,14H2,1H3. The van der Waals surface area contributed by atoms with Gasteiger partial charge in [-0.15, -0.1) is 11.3 Å². The zero-order valence-corrected chi connectivity index (χ0v) is 13.8. The molecular weight excluding hydrogens is 372 g/mol. The smallest absolute Gasteiger partial charge is 0.271 e. The summed E-state index contributed by atoms with van der Waals surface area (Å²) in [4.78, 5) is 0. The number of thiophene rings is 1. The van der Waals surface area contributed by atoms with Gasteiger partial charge in [0.1, 0.15) is 4.21 Å². The average Bonchev–Trinajstić information content (AvgIpc) is 2.65. The second-order valence-electron chi connectivity index (χ2n) is 3.87. The molecular formula is C11H10BrClN2O2S2. The van der Waals surface area contributed by atoms with E-state index in [1.165, 1.54) is 6.07 Å². The zero-order chi connectivity index (χ0) is 14.2. The van der Waals surface area contributed by atoms with Crippen molar-refractivity contribution in [3.63, 3.8) is 0 Å². The van der Waals surface area contributed by atoms with Gasteiger partial charge in [0.15, 0.2) is 0 Å². The van der Waals surface area contributed by atoms with Crippen molar-refractivity contribution in [3.05, 3.63) is 38.6 Å². The second kappa shape index (κ2) is 5.32. The zero-order valence-electron chi connectivity index (χ0n) is 9.78. The fraction of sp³-hybridized carbons (Fsp3) is 0.0909. The SMILES string of the molecule is Cc1cc(S(=O)(=O)Nc2cc(N)ccc2Cl)sc1Br. The predicted octanol–water partition coefficient (Wildman–Crippen LogP) is 3.86. The Labute approximate surface area is 128 Å². The highest BCUT2D eigenvalue weighted by Crippen LogP contribution is 2.33. The van der Waals surface area contributed by atoms with Gasteiger partial charge in [-0.1, -0.05) is 11.6 Å². The monoisotopic (exact) mass is 380 g/mol. The summed E-state index contributed by atoms with van der Waals surface area (Å²) < 4.78 is 27.9. The number of nitrogens with two attached hydrogens (primary N) is 1. The van der Waals surface area contributed by atoms with E-state index in [-0.39, 0.29) is 9.90 Å². The first-order valence-corrected chi connectivity index (χ1v) is 8.60. The van der Waals surface area contributed by atoms with E-state index < -0.39 is 10.0 Å². The summed E-state index contributed by atoms with van der Waals surface area (Å²) >= 11 is 10.4. The minimum absolute atomic E-state index is 0.218. The molecule has 102 valence electrons. The van der Waals surface area contributed by atoms with E-state index >= 15 is 0 Å². The van der Waals surface area contributed by atoms with Crippen molar-refractivity contribution in [1.29, 1.82) is 0 Å². The topological polar surface area (TPSA) is 72.2 Å². The van der Waals surface area contributed by atoms with Gasteiger partial charge in [-0.2, -0.15) is 0 Å².